The molecular formula is C17H24N4S. The van der Waals surface area contributed by atoms with Crippen LogP contribution >= 0.6 is 12.2 Å². The Kier molecular flexibility index (Phi) is 5.19. The van der Waals surface area contributed by atoms with Crippen molar-refractivity contribution in [2.45, 2.75) is 47.2 Å². The maximum Gasteiger partial charge on any atom is 0.171 e. The van der Waals surface area contributed by atoms with E-state index in [0.717, 1.165) is 12.2 Å². The van der Waals surface area contributed by atoms with E-state index in [-0.39, 0.29) is 6.04 Å². The molecule has 0 bridgehead atoms. The van der Waals surface area contributed by atoms with E-state index in [1.54, 1.807) is 0 Å². The van der Waals surface area contributed by atoms with Crippen LogP contribution in [-0.4, -0.2) is 14.9 Å². The lowest BCUT2D eigenvalue weighted by Gasteiger charge is -2.18. The number of hydrogen-bond donors (Lipinski definition) is 2. The molecule has 2 rings (SSSR count). The quantitative estimate of drug-likeness (QED) is 0.840. The first-order chi connectivity index (χ1) is 10.4. The molecule has 0 saturated carbocycles. The van der Waals surface area contributed by atoms with Gasteiger partial charge in [0.1, 0.15) is 0 Å². The van der Waals surface area contributed by atoms with Gasteiger partial charge in [-0.15, -0.1) is 0 Å². The van der Waals surface area contributed by atoms with Crippen LogP contribution in [0.4, 0.5) is 5.69 Å². The summed E-state index contributed by atoms with van der Waals surface area (Å²) in [7, 11) is 0. The van der Waals surface area contributed by atoms with Crippen molar-refractivity contribution >= 4 is 23.0 Å². The number of rotatable bonds is 4. The van der Waals surface area contributed by atoms with Gasteiger partial charge in [0.25, 0.3) is 0 Å². The molecule has 0 spiro atoms. The van der Waals surface area contributed by atoms with Crippen LogP contribution in [0.25, 0.3) is 0 Å². The molecule has 0 saturated heterocycles. The van der Waals surface area contributed by atoms with Crippen molar-refractivity contribution in [3.05, 3.63) is 46.8 Å². The van der Waals surface area contributed by atoms with Gasteiger partial charge in [-0.05, 0) is 64.0 Å². The largest absolute Gasteiger partial charge is 0.356 e. The maximum absolute atomic E-state index is 5.44. The van der Waals surface area contributed by atoms with E-state index in [9.17, 15) is 0 Å². The van der Waals surface area contributed by atoms with Gasteiger partial charge in [0.05, 0.1) is 12.2 Å². The Morgan fingerprint density at radius 2 is 2.05 bits per heavy atom. The number of benzene rings is 1. The van der Waals surface area contributed by atoms with E-state index in [2.05, 4.69) is 56.4 Å². The molecule has 5 heteroatoms. The number of thiocarbonyl (C=S) groups is 1. The van der Waals surface area contributed by atoms with E-state index in [1.165, 1.54) is 22.4 Å². The molecule has 0 aliphatic heterocycles. The number of nitrogens with zero attached hydrogens (tertiary/aromatic N) is 2. The molecule has 0 radical (unpaired) electrons. The third-order valence-corrected chi connectivity index (χ3v) is 4.33. The van der Waals surface area contributed by atoms with E-state index < -0.39 is 0 Å². The topological polar surface area (TPSA) is 41.9 Å². The summed E-state index contributed by atoms with van der Waals surface area (Å²) in [6, 6.07) is 6.29. The molecule has 118 valence electrons. The number of aromatic nitrogens is 2. The molecule has 22 heavy (non-hydrogen) atoms. The van der Waals surface area contributed by atoms with Crippen molar-refractivity contribution in [3.63, 3.8) is 0 Å². The minimum Gasteiger partial charge on any atom is -0.356 e. The van der Waals surface area contributed by atoms with Crippen molar-refractivity contribution in [1.29, 1.82) is 0 Å². The molecule has 4 nitrogen and oxygen atoms in total. The molecule has 1 unspecified atom stereocenters. The third kappa shape index (κ3) is 3.47. The molecule has 0 aliphatic rings. The SMILES string of the molecule is CCn1ncc(C(C)NC(=S)Nc2cccc(C)c2C)c1C. The Labute approximate surface area is 137 Å². The van der Waals surface area contributed by atoms with Gasteiger partial charge in [-0.2, -0.15) is 5.10 Å². The monoisotopic (exact) mass is 316 g/mol. The maximum atomic E-state index is 5.44. The lowest BCUT2D eigenvalue weighted by molar-refractivity contribution is 0.633. The molecular weight excluding hydrogens is 292 g/mol. The van der Waals surface area contributed by atoms with Gasteiger partial charge in [-0.1, -0.05) is 12.1 Å². The van der Waals surface area contributed by atoms with Crippen molar-refractivity contribution < 1.29 is 0 Å². The first-order valence-electron chi connectivity index (χ1n) is 7.60. The first kappa shape index (κ1) is 16.5. The van der Waals surface area contributed by atoms with Gasteiger partial charge in [0.15, 0.2) is 5.11 Å². The highest BCUT2D eigenvalue weighted by atomic mass is 32.1. The van der Waals surface area contributed by atoms with Crippen LogP contribution in [0.2, 0.25) is 0 Å². The Hall–Kier alpha value is -1.88. The predicted molar refractivity (Wildman–Crippen MR) is 96.3 cm³/mol. The summed E-state index contributed by atoms with van der Waals surface area (Å²) < 4.78 is 1.99. The van der Waals surface area contributed by atoms with Crippen LogP contribution in [0.1, 0.15) is 42.3 Å². The van der Waals surface area contributed by atoms with Crippen LogP contribution in [0.15, 0.2) is 24.4 Å². The number of hydrogen-bond acceptors (Lipinski definition) is 2. The summed E-state index contributed by atoms with van der Waals surface area (Å²) in [5, 5.41) is 11.6. The first-order valence-corrected chi connectivity index (χ1v) is 8.00. The number of anilines is 1. The average molecular weight is 316 g/mol. The molecule has 2 N–H and O–H groups in total. The van der Waals surface area contributed by atoms with E-state index in [0.29, 0.717) is 5.11 Å². The molecule has 1 aromatic carbocycles. The Bertz CT molecular complexity index is 675. The normalized spacial score (nSPS) is 12.0. The van der Waals surface area contributed by atoms with Crippen molar-refractivity contribution in [2.75, 3.05) is 5.32 Å². The molecule has 0 amide bonds. The number of aryl methyl sites for hydroxylation is 2. The van der Waals surface area contributed by atoms with Gasteiger partial charge in [0.2, 0.25) is 0 Å². The van der Waals surface area contributed by atoms with Crippen molar-refractivity contribution in [3.8, 4) is 0 Å². The third-order valence-electron chi connectivity index (χ3n) is 4.11. The molecule has 1 atom stereocenters. The van der Waals surface area contributed by atoms with E-state index >= 15 is 0 Å². The van der Waals surface area contributed by atoms with Crippen LogP contribution in [0, 0.1) is 20.8 Å². The highest BCUT2D eigenvalue weighted by Crippen LogP contribution is 2.19. The molecule has 0 aliphatic carbocycles. The van der Waals surface area contributed by atoms with Gasteiger partial charge in [-0.3, -0.25) is 4.68 Å². The molecule has 1 aromatic heterocycles. The second kappa shape index (κ2) is 6.92. The molecule has 2 aromatic rings. The highest BCUT2D eigenvalue weighted by molar-refractivity contribution is 7.80. The fourth-order valence-corrected chi connectivity index (χ4v) is 2.81. The second-order valence-corrected chi connectivity index (χ2v) is 5.98. The second-order valence-electron chi connectivity index (χ2n) is 5.57. The lowest BCUT2D eigenvalue weighted by Crippen LogP contribution is -2.31. The fourth-order valence-electron chi connectivity index (χ4n) is 2.52. The standard InChI is InChI=1S/C17H24N4S/c1-6-21-14(5)15(10-18-21)13(4)19-17(22)20-16-9-7-8-11(2)12(16)3/h7-10,13H,6H2,1-5H3,(H2,19,20,22). The lowest BCUT2D eigenvalue weighted by atomic mass is 10.1. The summed E-state index contributed by atoms with van der Waals surface area (Å²) >= 11 is 5.44. The molecule has 0 fully saturated rings. The minimum atomic E-state index is 0.116. The zero-order valence-corrected chi connectivity index (χ0v) is 14.7. The average Bonchev–Trinajstić information content (AvgIpc) is 2.84. The van der Waals surface area contributed by atoms with Crippen molar-refractivity contribution in [1.82, 2.24) is 15.1 Å². The van der Waals surface area contributed by atoms with Crippen LogP contribution in [0.3, 0.4) is 0 Å². The summed E-state index contributed by atoms with van der Waals surface area (Å²) in [5.41, 5.74) is 5.87. The zero-order chi connectivity index (χ0) is 16.3. The summed E-state index contributed by atoms with van der Waals surface area (Å²) in [6.07, 6.45) is 1.91. The van der Waals surface area contributed by atoms with Gasteiger partial charge in [0, 0.05) is 23.5 Å². The highest BCUT2D eigenvalue weighted by Gasteiger charge is 2.14. The van der Waals surface area contributed by atoms with Gasteiger partial charge in [-0.25, -0.2) is 0 Å². The summed E-state index contributed by atoms with van der Waals surface area (Å²) in [4.78, 5) is 0. The zero-order valence-electron chi connectivity index (χ0n) is 13.9. The predicted octanol–water partition coefficient (Wildman–Crippen LogP) is 3.88. The van der Waals surface area contributed by atoms with Gasteiger partial charge < -0.3 is 10.6 Å². The minimum absolute atomic E-state index is 0.116. The Morgan fingerprint density at radius 3 is 2.68 bits per heavy atom. The Morgan fingerprint density at radius 1 is 1.32 bits per heavy atom. The fraction of sp³-hybridized carbons (Fsp3) is 0.412. The van der Waals surface area contributed by atoms with Crippen molar-refractivity contribution in [2.24, 2.45) is 0 Å². The van der Waals surface area contributed by atoms with Gasteiger partial charge >= 0.3 is 0 Å². The molecule has 1 heterocycles. The van der Waals surface area contributed by atoms with E-state index in [4.69, 9.17) is 12.2 Å². The van der Waals surface area contributed by atoms with E-state index in [1.807, 2.05) is 23.0 Å². The Balaban J connectivity index is 2.05. The summed E-state index contributed by atoms with van der Waals surface area (Å²) in [5.74, 6) is 0. The van der Waals surface area contributed by atoms with Crippen LogP contribution in [0.5, 0.6) is 0 Å². The van der Waals surface area contributed by atoms with Crippen LogP contribution < -0.4 is 10.6 Å². The van der Waals surface area contributed by atoms with Crippen LogP contribution in [-0.2, 0) is 6.54 Å². The summed E-state index contributed by atoms with van der Waals surface area (Å²) in [6.45, 7) is 11.4. The smallest absolute Gasteiger partial charge is 0.171 e. The number of nitrogens with one attached hydrogen (secondary N) is 2.